The molecule has 0 aliphatic heterocycles. The molecule has 0 unspecified atom stereocenters. The first-order valence-electron chi connectivity index (χ1n) is 7.39. The van der Waals surface area contributed by atoms with Gasteiger partial charge in [0.2, 0.25) is 0 Å². The summed E-state index contributed by atoms with van der Waals surface area (Å²) in [5, 5.41) is 17.4. The summed E-state index contributed by atoms with van der Waals surface area (Å²) in [5.41, 5.74) is 3.90. The number of aryl methyl sites for hydroxylation is 1. The lowest BCUT2D eigenvalue weighted by atomic mass is 10.1. The molecule has 2 aromatic carbocycles. The molecule has 0 bridgehead atoms. The highest BCUT2D eigenvalue weighted by atomic mass is 16.5. The molecule has 1 heterocycles. The summed E-state index contributed by atoms with van der Waals surface area (Å²) in [6.07, 6.45) is 0. The van der Waals surface area contributed by atoms with Crippen molar-refractivity contribution in [3.05, 3.63) is 59.8 Å². The van der Waals surface area contributed by atoms with Gasteiger partial charge in [-0.05, 0) is 38.1 Å². The number of aromatic nitrogens is 3. The van der Waals surface area contributed by atoms with Crippen molar-refractivity contribution in [2.45, 2.75) is 13.8 Å². The Kier molecular flexibility index (Phi) is 4.07. The predicted octanol–water partition coefficient (Wildman–Crippen LogP) is 3.51. The van der Waals surface area contributed by atoms with E-state index in [2.05, 4.69) is 16.4 Å². The van der Waals surface area contributed by atoms with Gasteiger partial charge < -0.3 is 4.74 Å². The Morgan fingerprint density at radius 1 is 1.09 bits per heavy atom. The van der Waals surface area contributed by atoms with Crippen molar-refractivity contribution in [1.29, 1.82) is 5.26 Å². The zero-order chi connectivity index (χ0) is 16.2. The maximum Gasteiger partial charge on any atom is 0.191 e. The molecule has 0 saturated carbocycles. The number of ether oxygens (including phenoxy) is 1. The number of nitrogens with zero attached hydrogens (tertiary/aromatic N) is 4. The molecule has 5 nitrogen and oxygen atoms in total. The zero-order valence-corrected chi connectivity index (χ0v) is 13.0. The van der Waals surface area contributed by atoms with Gasteiger partial charge in [-0.25, -0.2) is 4.68 Å². The molecule has 114 valence electrons. The lowest BCUT2D eigenvalue weighted by Crippen LogP contribution is -2.00. The summed E-state index contributed by atoms with van der Waals surface area (Å²) in [5.74, 6) is 0.800. The average molecular weight is 304 g/mol. The molecular weight excluding hydrogens is 288 g/mol. The van der Waals surface area contributed by atoms with E-state index in [4.69, 9.17) is 4.74 Å². The van der Waals surface area contributed by atoms with E-state index in [0.29, 0.717) is 18.0 Å². The number of rotatable bonds is 4. The number of hydrogen-bond donors (Lipinski definition) is 0. The topological polar surface area (TPSA) is 63.7 Å². The van der Waals surface area contributed by atoms with Gasteiger partial charge in [0.25, 0.3) is 0 Å². The van der Waals surface area contributed by atoms with E-state index in [1.54, 1.807) is 4.68 Å². The van der Waals surface area contributed by atoms with Crippen molar-refractivity contribution in [2.75, 3.05) is 6.61 Å². The van der Waals surface area contributed by atoms with Crippen LogP contribution in [0.5, 0.6) is 5.75 Å². The van der Waals surface area contributed by atoms with E-state index in [0.717, 1.165) is 22.6 Å². The second-order valence-corrected chi connectivity index (χ2v) is 5.10. The summed E-state index contributed by atoms with van der Waals surface area (Å²) in [7, 11) is 0. The standard InChI is InChI=1S/C18H16N4O/c1-3-23-16-10-8-15(9-11-16)22-18(17(12-19)20-21-22)14-6-4-13(2)5-7-14/h4-11H,3H2,1-2H3. The minimum atomic E-state index is 0.308. The van der Waals surface area contributed by atoms with E-state index in [-0.39, 0.29) is 0 Å². The fourth-order valence-corrected chi connectivity index (χ4v) is 2.36. The molecule has 0 fully saturated rings. The molecule has 23 heavy (non-hydrogen) atoms. The average Bonchev–Trinajstić information content (AvgIpc) is 3.00. The third kappa shape index (κ3) is 2.92. The molecule has 0 spiro atoms. The normalized spacial score (nSPS) is 10.3. The third-order valence-corrected chi connectivity index (χ3v) is 3.49. The predicted molar refractivity (Wildman–Crippen MR) is 87.4 cm³/mol. The van der Waals surface area contributed by atoms with Crippen molar-refractivity contribution in [2.24, 2.45) is 0 Å². The van der Waals surface area contributed by atoms with Gasteiger partial charge in [0, 0.05) is 5.56 Å². The highest BCUT2D eigenvalue weighted by Gasteiger charge is 2.16. The summed E-state index contributed by atoms with van der Waals surface area (Å²) < 4.78 is 7.13. The summed E-state index contributed by atoms with van der Waals surface area (Å²) >= 11 is 0. The molecule has 0 N–H and O–H groups in total. The van der Waals surface area contributed by atoms with Crippen molar-refractivity contribution >= 4 is 0 Å². The van der Waals surface area contributed by atoms with Crippen LogP contribution in [0.2, 0.25) is 0 Å². The van der Waals surface area contributed by atoms with Gasteiger partial charge >= 0.3 is 0 Å². The smallest absolute Gasteiger partial charge is 0.191 e. The molecule has 0 aliphatic carbocycles. The minimum absolute atomic E-state index is 0.308. The van der Waals surface area contributed by atoms with Gasteiger partial charge in [-0.3, -0.25) is 0 Å². The van der Waals surface area contributed by atoms with Crippen molar-refractivity contribution < 1.29 is 4.74 Å². The van der Waals surface area contributed by atoms with Crippen molar-refractivity contribution in [3.8, 4) is 28.8 Å². The van der Waals surface area contributed by atoms with Crippen LogP contribution in [-0.4, -0.2) is 21.6 Å². The highest BCUT2D eigenvalue weighted by Crippen LogP contribution is 2.26. The van der Waals surface area contributed by atoms with Crippen LogP contribution in [0.15, 0.2) is 48.5 Å². The molecule has 0 aliphatic rings. The summed E-state index contributed by atoms with van der Waals surface area (Å²) in [6, 6.07) is 17.6. The Hall–Kier alpha value is -3.13. The van der Waals surface area contributed by atoms with Crippen LogP contribution >= 0.6 is 0 Å². The zero-order valence-electron chi connectivity index (χ0n) is 13.0. The van der Waals surface area contributed by atoms with Crippen molar-refractivity contribution in [1.82, 2.24) is 15.0 Å². The Morgan fingerprint density at radius 2 is 1.78 bits per heavy atom. The van der Waals surface area contributed by atoms with Gasteiger partial charge in [0.15, 0.2) is 5.69 Å². The first kappa shape index (κ1) is 14.8. The van der Waals surface area contributed by atoms with E-state index < -0.39 is 0 Å². The van der Waals surface area contributed by atoms with Gasteiger partial charge in [-0.2, -0.15) is 5.26 Å². The second kappa shape index (κ2) is 6.32. The van der Waals surface area contributed by atoms with Gasteiger partial charge in [-0.15, -0.1) is 5.10 Å². The summed E-state index contributed by atoms with van der Waals surface area (Å²) in [4.78, 5) is 0. The van der Waals surface area contributed by atoms with E-state index in [9.17, 15) is 5.26 Å². The number of benzene rings is 2. The molecule has 5 heteroatoms. The SMILES string of the molecule is CCOc1ccc(-n2nnc(C#N)c2-c2ccc(C)cc2)cc1. The van der Waals surface area contributed by atoms with Crippen LogP contribution < -0.4 is 4.74 Å². The molecule has 0 saturated heterocycles. The Balaban J connectivity index is 2.08. The second-order valence-electron chi connectivity index (χ2n) is 5.10. The Labute approximate surface area is 134 Å². The first-order chi connectivity index (χ1) is 11.2. The fraction of sp³-hybridized carbons (Fsp3) is 0.167. The van der Waals surface area contributed by atoms with Crippen LogP contribution in [0.25, 0.3) is 16.9 Å². The van der Waals surface area contributed by atoms with Crippen LogP contribution in [0.4, 0.5) is 0 Å². The largest absolute Gasteiger partial charge is 0.494 e. The lowest BCUT2D eigenvalue weighted by molar-refractivity contribution is 0.340. The van der Waals surface area contributed by atoms with Crippen molar-refractivity contribution in [3.63, 3.8) is 0 Å². The van der Waals surface area contributed by atoms with E-state index >= 15 is 0 Å². The van der Waals surface area contributed by atoms with Gasteiger partial charge in [0.1, 0.15) is 17.5 Å². The minimum Gasteiger partial charge on any atom is -0.494 e. The first-order valence-corrected chi connectivity index (χ1v) is 7.39. The fourth-order valence-electron chi connectivity index (χ4n) is 2.36. The third-order valence-electron chi connectivity index (χ3n) is 3.49. The maximum absolute atomic E-state index is 9.32. The van der Waals surface area contributed by atoms with E-state index in [1.807, 2.05) is 62.4 Å². The summed E-state index contributed by atoms with van der Waals surface area (Å²) in [6.45, 7) is 4.59. The lowest BCUT2D eigenvalue weighted by Gasteiger charge is -2.08. The molecule has 1 aromatic heterocycles. The molecular formula is C18H16N4O. The number of hydrogen-bond acceptors (Lipinski definition) is 4. The quantitative estimate of drug-likeness (QED) is 0.740. The monoisotopic (exact) mass is 304 g/mol. The highest BCUT2D eigenvalue weighted by molar-refractivity contribution is 5.67. The molecule has 0 radical (unpaired) electrons. The Bertz CT molecular complexity index is 842. The van der Waals surface area contributed by atoms with Gasteiger partial charge in [0.05, 0.1) is 12.3 Å². The molecule has 0 amide bonds. The van der Waals surface area contributed by atoms with E-state index in [1.165, 1.54) is 0 Å². The van der Waals surface area contributed by atoms with Gasteiger partial charge in [-0.1, -0.05) is 35.0 Å². The maximum atomic E-state index is 9.32. The van der Waals surface area contributed by atoms with Crippen LogP contribution in [0.3, 0.4) is 0 Å². The molecule has 0 atom stereocenters. The van der Waals surface area contributed by atoms with Crippen LogP contribution in [-0.2, 0) is 0 Å². The van der Waals surface area contributed by atoms with Crippen LogP contribution in [0, 0.1) is 18.3 Å². The molecule has 3 aromatic rings. The Morgan fingerprint density at radius 3 is 2.39 bits per heavy atom. The van der Waals surface area contributed by atoms with Crippen LogP contribution in [0.1, 0.15) is 18.2 Å². The molecule has 3 rings (SSSR count). The number of nitriles is 1.